The van der Waals surface area contributed by atoms with E-state index >= 15 is 0 Å². The predicted molar refractivity (Wildman–Crippen MR) is 134 cm³/mol. The fraction of sp³-hybridized carbons (Fsp3) is 0.536. The normalized spacial score (nSPS) is 35.1. The Kier molecular flexibility index (Phi) is 4.96. The van der Waals surface area contributed by atoms with Crippen LogP contribution >= 0.6 is 11.8 Å². The number of hydrogen-bond acceptors (Lipinski definition) is 7. The van der Waals surface area contributed by atoms with E-state index in [4.69, 9.17) is 13.9 Å². The van der Waals surface area contributed by atoms with Crippen molar-refractivity contribution >= 4 is 23.0 Å². The van der Waals surface area contributed by atoms with Crippen molar-refractivity contribution in [2.24, 2.45) is 5.92 Å². The van der Waals surface area contributed by atoms with Crippen molar-refractivity contribution in [3.63, 3.8) is 0 Å². The van der Waals surface area contributed by atoms with Crippen LogP contribution in [0, 0.1) is 5.92 Å². The Morgan fingerprint density at radius 3 is 2.94 bits per heavy atom. The molecule has 1 aromatic heterocycles. The lowest BCUT2D eigenvalue weighted by Gasteiger charge is -2.64. The van der Waals surface area contributed by atoms with Crippen LogP contribution in [0.2, 0.25) is 0 Å². The molecule has 3 fully saturated rings. The number of hydrogen-bond donors (Lipinski definition) is 1. The summed E-state index contributed by atoms with van der Waals surface area (Å²) in [7, 11) is 1.67. The summed E-state index contributed by atoms with van der Waals surface area (Å²) in [4.78, 5) is 15.5. The first-order valence-corrected chi connectivity index (χ1v) is 13.7. The van der Waals surface area contributed by atoms with Crippen molar-refractivity contribution < 1.29 is 23.8 Å². The molecule has 2 saturated carbocycles. The van der Waals surface area contributed by atoms with Gasteiger partial charge in [-0.2, -0.15) is 0 Å². The first-order valence-electron chi connectivity index (χ1n) is 12.8. The number of thioether (sulfide) groups is 1. The number of furan rings is 1. The molecule has 1 saturated heterocycles. The standard InChI is InChI=1S/C28H31NO5S/c1-32-20-6-5-19-14-22-28(31)10-8-21(35-23(30)7-4-18-9-13-33-16-18)26-27(28,24(19)25(20)34-26)11-12-29(22)15-17-2-3-17/h4-7,9,13,16-17,21-22,26,31H,2-3,8,10-12,14-15H2,1H3/b7-4+/t21?,22-,26?,27+,28-/m1/s1. The molecule has 5 atom stereocenters. The van der Waals surface area contributed by atoms with Gasteiger partial charge in [0.2, 0.25) is 5.12 Å². The number of benzene rings is 1. The van der Waals surface area contributed by atoms with Gasteiger partial charge in [-0.15, -0.1) is 0 Å². The topological polar surface area (TPSA) is 72.1 Å². The van der Waals surface area contributed by atoms with Crippen LogP contribution in [0.25, 0.3) is 6.08 Å². The molecule has 3 heterocycles. The van der Waals surface area contributed by atoms with Crippen molar-refractivity contribution in [3.05, 3.63) is 53.5 Å². The maximum absolute atomic E-state index is 13.0. The van der Waals surface area contributed by atoms with Crippen molar-refractivity contribution in [2.75, 3.05) is 20.2 Å². The van der Waals surface area contributed by atoms with E-state index in [2.05, 4.69) is 11.0 Å². The van der Waals surface area contributed by atoms with Crippen LogP contribution in [0.5, 0.6) is 11.5 Å². The lowest BCUT2D eigenvalue weighted by Crippen LogP contribution is -2.77. The highest BCUT2D eigenvalue weighted by molar-refractivity contribution is 8.14. The smallest absolute Gasteiger partial charge is 0.212 e. The summed E-state index contributed by atoms with van der Waals surface area (Å²) in [6.45, 7) is 2.05. The Morgan fingerprint density at radius 2 is 2.17 bits per heavy atom. The third-order valence-corrected chi connectivity index (χ3v) is 10.3. The van der Waals surface area contributed by atoms with Crippen LogP contribution in [0.4, 0.5) is 0 Å². The lowest BCUT2D eigenvalue weighted by atomic mass is 9.49. The van der Waals surface area contributed by atoms with Crippen LogP contribution in [0.3, 0.4) is 0 Å². The zero-order valence-corrected chi connectivity index (χ0v) is 20.8. The Hall–Kier alpha value is -2.22. The van der Waals surface area contributed by atoms with Crippen LogP contribution in [-0.2, 0) is 16.6 Å². The molecule has 2 aliphatic heterocycles. The van der Waals surface area contributed by atoms with Gasteiger partial charge in [-0.1, -0.05) is 17.8 Å². The molecule has 2 unspecified atom stereocenters. The second-order valence-corrected chi connectivity index (χ2v) is 12.1. The highest BCUT2D eigenvalue weighted by Crippen LogP contribution is 2.66. The van der Waals surface area contributed by atoms with E-state index in [1.807, 2.05) is 12.1 Å². The number of methoxy groups -OCH3 is 1. The highest BCUT2D eigenvalue weighted by Gasteiger charge is 2.73. The van der Waals surface area contributed by atoms with Crippen molar-refractivity contribution in [1.29, 1.82) is 0 Å². The molecular formula is C28H31NO5S. The lowest BCUT2D eigenvalue weighted by molar-refractivity contribution is -0.184. The van der Waals surface area contributed by atoms with Gasteiger partial charge in [0.05, 0.1) is 35.9 Å². The summed E-state index contributed by atoms with van der Waals surface area (Å²) < 4.78 is 17.6. The molecule has 35 heavy (non-hydrogen) atoms. The Morgan fingerprint density at radius 1 is 1.29 bits per heavy atom. The highest BCUT2D eigenvalue weighted by atomic mass is 32.2. The molecule has 2 aromatic rings. The molecule has 1 N–H and O–H groups in total. The first-order chi connectivity index (χ1) is 17.0. The maximum Gasteiger partial charge on any atom is 0.212 e. The maximum atomic E-state index is 13.0. The molecule has 6 nitrogen and oxygen atoms in total. The molecule has 0 amide bonds. The van der Waals surface area contributed by atoms with E-state index in [1.54, 1.807) is 31.8 Å². The van der Waals surface area contributed by atoms with Crippen molar-refractivity contribution in [1.82, 2.24) is 4.90 Å². The fourth-order valence-electron chi connectivity index (χ4n) is 7.43. The largest absolute Gasteiger partial charge is 0.493 e. The summed E-state index contributed by atoms with van der Waals surface area (Å²) in [6, 6.07) is 6.11. The van der Waals surface area contributed by atoms with E-state index in [-0.39, 0.29) is 22.5 Å². The fourth-order valence-corrected chi connectivity index (χ4v) is 8.52. The quantitative estimate of drug-likeness (QED) is 0.605. The second kappa shape index (κ2) is 7.89. The van der Waals surface area contributed by atoms with Crippen molar-refractivity contribution in [3.8, 4) is 11.5 Å². The number of carbonyl (C=O) groups excluding carboxylic acids is 1. The monoisotopic (exact) mass is 493 g/mol. The first kappa shape index (κ1) is 22.0. The minimum atomic E-state index is -0.859. The van der Waals surface area contributed by atoms with E-state index in [1.165, 1.54) is 30.2 Å². The summed E-state index contributed by atoms with van der Waals surface area (Å²) in [6.07, 6.45) is 12.1. The molecular weight excluding hydrogens is 462 g/mol. The number of rotatable bonds is 6. The molecule has 2 bridgehead atoms. The van der Waals surface area contributed by atoms with Gasteiger partial charge >= 0.3 is 0 Å². The third kappa shape index (κ3) is 3.14. The average Bonchev–Trinajstić information content (AvgIpc) is 3.36. The minimum Gasteiger partial charge on any atom is -0.493 e. The molecule has 1 aromatic carbocycles. The number of piperidine rings is 1. The minimum absolute atomic E-state index is 0.00307. The van der Waals surface area contributed by atoms with Crippen LogP contribution in [-0.4, -0.2) is 58.3 Å². The number of carbonyl (C=O) groups is 1. The summed E-state index contributed by atoms with van der Waals surface area (Å²) in [5, 5.41) is 12.5. The zero-order chi connectivity index (χ0) is 23.8. The van der Waals surface area contributed by atoms with E-state index in [0.29, 0.717) is 6.42 Å². The predicted octanol–water partition coefficient (Wildman–Crippen LogP) is 4.19. The number of likely N-dealkylation sites (tertiary alicyclic amines) is 1. The number of ether oxygens (including phenoxy) is 2. The molecule has 5 aliphatic rings. The van der Waals surface area contributed by atoms with E-state index < -0.39 is 11.0 Å². The van der Waals surface area contributed by atoms with Crippen LogP contribution < -0.4 is 9.47 Å². The van der Waals surface area contributed by atoms with Gasteiger partial charge in [-0.05, 0) is 80.8 Å². The molecule has 7 heteroatoms. The van der Waals surface area contributed by atoms with Gasteiger partial charge in [-0.25, -0.2) is 0 Å². The summed E-state index contributed by atoms with van der Waals surface area (Å²) >= 11 is 1.35. The zero-order valence-electron chi connectivity index (χ0n) is 19.9. The molecule has 3 aliphatic carbocycles. The molecule has 1 spiro atoms. The Labute approximate surface area is 209 Å². The number of aliphatic hydroxyl groups is 1. The third-order valence-electron chi connectivity index (χ3n) is 9.14. The van der Waals surface area contributed by atoms with Crippen molar-refractivity contribution in [2.45, 2.75) is 66.9 Å². The van der Waals surface area contributed by atoms with E-state index in [9.17, 15) is 9.90 Å². The van der Waals surface area contributed by atoms with Gasteiger partial charge in [-0.3, -0.25) is 9.69 Å². The average molecular weight is 494 g/mol. The van der Waals surface area contributed by atoms with Gasteiger partial charge in [0.1, 0.15) is 6.10 Å². The summed E-state index contributed by atoms with van der Waals surface area (Å²) in [5.74, 6) is 2.29. The van der Waals surface area contributed by atoms with Gasteiger partial charge in [0.25, 0.3) is 0 Å². The van der Waals surface area contributed by atoms with Crippen LogP contribution in [0.1, 0.15) is 48.8 Å². The molecule has 7 rings (SSSR count). The van der Waals surface area contributed by atoms with Gasteiger partial charge in [0, 0.05) is 23.7 Å². The SMILES string of the molecule is COc1ccc2c3c1OC1C(SC(=O)/C=C/c4ccoc4)CC[C@@]4(O)[C@@H](C2)N(CC2CC2)CC[C@]314. The van der Waals surface area contributed by atoms with Gasteiger partial charge in [0.15, 0.2) is 11.5 Å². The Balaban J connectivity index is 1.26. The Bertz CT molecular complexity index is 1190. The van der Waals surface area contributed by atoms with Gasteiger partial charge < -0.3 is 19.0 Å². The second-order valence-electron chi connectivity index (χ2n) is 10.9. The summed E-state index contributed by atoms with van der Waals surface area (Å²) in [5.41, 5.74) is 1.93. The molecule has 184 valence electrons. The van der Waals surface area contributed by atoms with E-state index in [0.717, 1.165) is 60.9 Å². The molecule has 0 radical (unpaired) electrons. The van der Waals surface area contributed by atoms with Crippen LogP contribution in [0.15, 0.2) is 41.2 Å². The number of nitrogens with zero attached hydrogens (tertiary/aromatic N) is 1.